The first kappa shape index (κ1) is 15.2. The lowest BCUT2D eigenvalue weighted by atomic mass is 9.99. The van der Waals surface area contributed by atoms with Crippen molar-refractivity contribution in [2.24, 2.45) is 0 Å². The minimum absolute atomic E-state index is 0.00315. The summed E-state index contributed by atoms with van der Waals surface area (Å²) in [5, 5.41) is 22.1. The van der Waals surface area contributed by atoms with Crippen LogP contribution in [0.2, 0.25) is 0 Å². The molecule has 0 radical (unpaired) electrons. The number of aromatic nitrogens is 2. The smallest absolute Gasteiger partial charge is 0.320 e. The highest BCUT2D eigenvalue weighted by molar-refractivity contribution is 5.88. The Morgan fingerprint density at radius 1 is 1.33 bits per heavy atom. The number of carbonyl (C=O) groups is 2. The molecule has 21 heavy (non-hydrogen) atoms. The second-order valence-electron chi connectivity index (χ2n) is 5.97. The molecule has 2 amide bonds. The molecule has 0 atom stereocenters. The zero-order valence-corrected chi connectivity index (χ0v) is 12.2. The number of rotatable bonds is 6. The van der Waals surface area contributed by atoms with Gasteiger partial charge in [0.15, 0.2) is 5.82 Å². The second-order valence-corrected chi connectivity index (χ2v) is 5.97. The van der Waals surface area contributed by atoms with Crippen LogP contribution in [0.25, 0.3) is 0 Å². The predicted octanol–water partition coefficient (Wildman–Crippen LogP) is 2.12. The van der Waals surface area contributed by atoms with Gasteiger partial charge in [-0.15, -0.1) is 5.10 Å². The molecule has 0 aromatic carbocycles. The Morgan fingerprint density at radius 3 is 2.57 bits per heavy atom. The van der Waals surface area contributed by atoms with Gasteiger partial charge in [0.2, 0.25) is 0 Å². The number of urea groups is 1. The van der Waals surface area contributed by atoms with Gasteiger partial charge in [0, 0.05) is 17.9 Å². The van der Waals surface area contributed by atoms with E-state index < -0.39 is 17.5 Å². The summed E-state index contributed by atoms with van der Waals surface area (Å²) in [5.74, 6) is 0.0214. The van der Waals surface area contributed by atoms with E-state index in [4.69, 9.17) is 5.11 Å². The van der Waals surface area contributed by atoms with Crippen LogP contribution in [0.15, 0.2) is 12.1 Å². The highest BCUT2D eigenvalue weighted by Gasteiger charge is 2.25. The molecule has 0 unspecified atom stereocenters. The number of hydrogen-bond acceptors (Lipinski definition) is 4. The third-order valence-electron chi connectivity index (χ3n) is 3.34. The molecule has 0 spiro atoms. The largest absolute Gasteiger partial charge is 0.481 e. The average Bonchev–Trinajstić information content (AvgIpc) is 3.21. The summed E-state index contributed by atoms with van der Waals surface area (Å²) < 4.78 is 0. The highest BCUT2D eigenvalue weighted by Crippen LogP contribution is 2.38. The number of aliphatic carboxylic acids is 1. The first-order valence-corrected chi connectivity index (χ1v) is 7.00. The number of anilines is 1. The van der Waals surface area contributed by atoms with E-state index in [-0.39, 0.29) is 6.42 Å². The molecule has 2 rings (SSSR count). The van der Waals surface area contributed by atoms with Crippen LogP contribution in [0.1, 0.15) is 51.1 Å². The Bertz CT molecular complexity index is 524. The zero-order chi connectivity index (χ0) is 15.5. The van der Waals surface area contributed by atoms with Gasteiger partial charge in [-0.05, 0) is 45.2 Å². The summed E-state index contributed by atoms with van der Waals surface area (Å²) >= 11 is 0. The van der Waals surface area contributed by atoms with E-state index in [0.29, 0.717) is 18.2 Å². The van der Waals surface area contributed by atoms with Gasteiger partial charge in [-0.1, -0.05) is 0 Å². The van der Waals surface area contributed by atoms with Gasteiger partial charge < -0.3 is 10.4 Å². The fourth-order valence-corrected chi connectivity index (χ4v) is 1.94. The Kier molecular flexibility index (Phi) is 4.40. The van der Waals surface area contributed by atoms with Crippen molar-refractivity contribution in [2.75, 3.05) is 5.32 Å². The summed E-state index contributed by atoms with van der Waals surface area (Å²) in [6, 6.07) is 3.18. The minimum Gasteiger partial charge on any atom is -0.481 e. The quantitative estimate of drug-likeness (QED) is 0.745. The Morgan fingerprint density at radius 2 is 2.05 bits per heavy atom. The number of carboxylic acid groups (broad SMARTS) is 1. The highest BCUT2D eigenvalue weighted by atomic mass is 16.4. The van der Waals surface area contributed by atoms with Crippen molar-refractivity contribution >= 4 is 17.8 Å². The standard InChI is InChI=1S/C14H20N4O3/c1-14(2,8-7-12(19)20)16-13(21)15-11-6-5-10(17-18-11)9-3-4-9/h5-6,9H,3-4,7-8H2,1-2H3,(H,19,20)(H2,15,16,18,21). The maximum absolute atomic E-state index is 11.9. The summed E-state index contributed by atoms with van der Waals surface area (Å²) in [6.45, 7) is 3.55. The molecular weight excluding hydrogens is 272 g/mol. The number of carbonyl (C=O) groups excluding carboxylic acids is 1. The minimum atomic E-state index is -0.883. The number of hydrogen-bond donors (Lipinski definition) is 3. The fraction of sp³-hybridized carbons (Fsp3) is 0.571. The van der Waals surface area contributed by atoms with Gasteiger partial charge in [0.25, 0.3) is 0 Å². The number of carboxylic acids is 1. The average molecular weight is 292 g/mol. The molecule has 1 heterocycles. The summed E-state index contributed by atoms with van der Waals surface area (Å²) in [6.07, 6.45) is 2.66. The van der Waals surface area contributed by atoms with Crippen molar-refractivity contribution < 1.29 is 14.7 Å². The van der Waals surface area contributed by atoms with E-state index in [1.807, 2.05) is 6.07 Å². The van der Waals surface area contributed by atoms with Crippen molar-refractivity contribution in [1.82, 2.24) is 15.5 Å². The van der Waals surface area contributed by atoms with Crippen molar-refractivity contribution in [3.8, 4) is 0 Å². The van der Waals surface area contributed by atoms with Gasteiger partial charge in [0.1, 0.15) is 0 Å². The summed E-state index contributed by atoms with van der Waals surface area (Å²) in [7, 11) is 0. The lowest BCUT2D eigenvalue weighted by Crippen LogP contribution is -2.45. The fourth-order valence-electron chi connectivity index (χ4n) is 1.94. The van der Waals surface area contributed by atoms with Crippen LogP contribution in [0, 0.1) is 0 Å². The van der Waals surface area contributed by atoms with E-state index in [1.165, 1.54) is 0 Å². The molecule has 7 heteroatoms. The van der Waals surface area contributed by atoms with Crippen LogP contribution in [-0.2, 0) is 4.79 Å². The van der Waals surface area contributed by atoms with Gasteiger partial charge in [0.05, 0.1) is 5.69 Å². The van der Waals surface area contributed by atoms with Crippen LogP contribution in [0.3, 0.4) is 0 Å². The molecule has 0 saturated heterocycles. The summed E-state index contributed by atoms with van der Waals surface area (Å²) in [5.41, 5.74) is 0.354. The monoisotopic (exact) mass is 292 g/mol. The van der Waals surface area contributed by atoms with Crippen LogP contribution in [-0.4, -0.2) is 32.8 Å². The first-order valence-electron chi connectivity index (χ1n) is 7.00. The SMILES string of the molecule is CC(C)(CCC(=O)O)NC(=O)Nc1ccc(C2CC2)nn1. The Hall–Kier alpha value is -2.18. The Labute approximate surface area is 123 Å². The van der Waals surface area contributed by atoms with Crippen LogP contribution in [0.4, 0.5) is 10.6 Å². The molecule has 7 nitrogen and oxygen atoms in total. The van der Waals surface area contributed by atoms with Crippen molar-refractivity contribution in [3.63, 3.8) is 0 Å². The molecule has 1 aliphatic carbocycles. The molecule has 0 bridgehead atoms. The van der Waals surface area contributed by atoms with E-state index in [9.17, 15) is 9.59 Å². The maximum atomic E-state index is 11.9. The van der Waals surface area contributed by atoms with E-state index in [0.717, 1.165) is 18.5 Å². The second kappa shape index (κ2) is 6.07. The molecule has 1 aliphatic rings. The van der Waals surface area contributed by atoms with Crippen molar-refractivity contribution in [3.05, 3.63) is 17.8 Å². The molecule has 1 saturated carbocycles. The van der Waals surface area contributed by atoms with Crippen LogP contribution < -0.4 is 10.6 Å². The van der Waals surface area contributed by atoms with E-state index >= 15 is 0 Å². The molecular formula is C14H20N4O3. The zero-order valence-electron chi connectivity index (χ0n) is 12.2. The number of nitrogens with one attached hydrogen (secondary N) is 2. The van der Waals surface area contributed by atoms with Crippen molar-refractivity contribution in [2.45, 2.75) is 51.0 Å². The molecule has 3 N–H and O–H groups in total. The van der Waals surface area contributed by atoms with Crippen molar-refractivity contribution in [1.29, 1.82) is 0 Å². The lowest BCUT2D eigenvalue weighted by Gasteiger charge is -2.25. The van der Waals surface area contributed by atoms with Gasteiger partial charge in [-0.25, -0.2) is 4.79 Å². The normalized spacial score (nSPS) is 14.6. The molecule has 114 valence electrons. The van der Waals surface area contributed by atoms with E-state index in [2.05, 4.69) is 20.8 Å². The van der Waals surface area contributed by atoms with Gasteiger partial charge in [-0.3, -0.25) is 10.1 Å². The molecule has 1 aromatic rings. The van der Waals surface area contributed by atoms with E-state index in [1.54, 1.807) is 19.9 Å². The Balaban J connectivity index is 1.84. The maximum Gasteiger partial charge on any atom is 0.320 e. The summed E-state index contributed by atoms with van der Waals surface area (Å²) in [4.78, 5) is 22.4. The van der Waals surface area contributed by atoms with Gasteiger partial charge >= 0.3 is 12.0 Å². The third-order valence-corrected chi connectivity index (χ3v) is 3.34. The molecule has 0 aliphatic heterocycles. The molecule has 1 fully saturated rings. The predicted molar refractivity (Wildman–Crippen MR) is 77.1 cm³/mol. The lowest BCUT2D eigenvalue weighted by molar-refractivity contribution is -0.137. The first-order chi connectivity index (χ1) is 9.85. The van der Waals surface area contributed by atoms with Gasteiger partial charge in [-0.2, -0.15) is 5.10 Å². The third kappa shape index (κ3) is 5.02. The van der Waals surface area contributed by atoms with Crippen LogP contribution >= 0.6 is 0 Å². The molecule has 1 aromatic heterocycles. The van der Waals surface area contributed by atoms with Crippen LogP contribution in [0.5, 0.6) is 0 Å². The number of amides is 2. The number of nitrogens with zero attached hydrogens (tertiary/aromatic N) is 2. The topological polar surface area (TPSA) is 104 Å².